The molecule has 0 aliphatic rings. The minimum Gasteiger partial charge on any atom is -0.435 e. The van der Waals surface area contributed by atoms with Crippen LogP contribution in [0, 0.1) is 0 Å². The van der Waals surface area contributed by atoms with Crippen molar-refractivity contribution in [2.45, 2.75) is 11.5 Å². The summed E-state index contributed by atoms with van der Waals surface area (Å²) in [7, 11) is -4.04. The summed E-state index contributed by atoms with van der Waals surface area (Å²) < 4.78 is 48.6. The third kappa shape index (κ3) is 2.93. The third-order valence-electron chi connectivity index (χ3n) is 1.36. The largest absolute Gasteiger partial charge is 0.435 e. The zero-order chi connectivity index (χ0) is 10.8. The van der Waals surface area contributed by atoms with Crippen LogP contribution in [0.25, 0.3) is 0 Å². The average Bonchev–Trinajstić information content (AvgIpc) is 2.02. The maximum absolute atomic E-state index is 11.7. The second-order valence-corrected chi connectivity index (χ2v) is 3.83. The lowest BCUT2D eigenvalue weighted by Gasteiger charge is -2.03. The van der Waals surface area contributed by atoms with Crippen LogP contribution in [0.2, 0.25) is 0 Å². The minimum atomic E-state index is -4.04. The Bertz CT molecular complexity index is 401. The molecule has 0 amide bonds. The summed E-state index contributed by atoms with van der Waals surface area (Å²) >= 11 is 0. The van der Waals surface area contributed by atoms with E-state index in [0.717, 1.165) is 24.3 Å². The van der Waals surface area contributed by atoms with Crippen molar-refractivity contribution >= 4 is 10.0 Å². The number of halogens is 2. The van der Waals surface area contributed by atoms with E-state index in [4.69, 9.17) is 5.14 Å². The van der Waals surface area contributed by atoms with Gasteiger partial charge >= 0.3 is 6.61 Å². The van der Waals surface area contributed by atoms with E-state index < -0.39 is 16.6 Å². The predicted octanol–water partition coefficient (Wildman–Crippen LogP) is 1.26. The molecule has 7 heteroatoms. The van der Waals surface area contributed by atoms with Gasteiger partial charge < -0.3 is 4.74 Å². The van der Waals surface area contributed by atoms with Crippen LogP contribution in [0.5, 0.6) is 5.75 Å². The number of rotatable bonds is 3. The number of alkyl halides is 2. The van der Waals surface area contributed by atoms with E-state index in [1.165, 1.54) is 0 Å². The average molecular weight is 222 g/mol. The van der Waals surface area contributed by atoms with E-state index in [-0.39, 0.29) is 10.6 Å². The van der Waals surface area contributed by atoms with Gasteiger partial charge in [-0.1, -0.05) is 0 Å². The van der Waals surface area contributed by atoms with Crippen LogP contribution in [0.3, 0.4) is 0 Å². The molecular weight excluding hydrogens is 216 g/mol. The molecule has 0 bridgehead atoms. The molecule has 0 spiro atoms. The zero-order valence-electron chi connectivity index (χ0n) is 6.78. The zero-order valence-corrected chi connectivity index (χ0v) is 7.59. The summed E-state index contributed by atoms with van der Waals surface area (Å²) in [6, 6.07) is 4.18. The van der Waals surface area contributed by atoms with Crippen LogP contribution in [0.4, 0.5) is 8.78 Å². The van der Waals surface area contributed by atoms with E-state index in [9.17, 15) is 17.2 Å². The maximum atomic E-state index is 11.7. The summed E-state index contributed by atoms with van der Waals surface area (Å²) in [6.45, 7) is -2.95. The van der Waals surface area contributed by atoms with Crippen LogP contribution in [0.1, 0.15) is 0 Å². The third-order valence-corrected chi connectivity index (χ3v) is 2.25. The highest BCUT2D eigenvalue weighted by Gasteiger charge is 2.09. The Morgan fingerprint density at radius 3 is 2.07 bits per heavy atom. The normalized spacial score (nSPS) is 11.7. The first-order valence-electron chi connectivity index (χ1n) is 3.44. The molecular formula is C7H6F2NO3S. The molecule has 1 aromatic rings. The van der Waals surface area contributed by atoms with Crippen LogP contribution in [0.15, 0.2) is 29.2 Å². The lowest BCUT2D eigenvalue weighted by atomic mass is 10.3. The Morgan fingerprint density at radius 1 is 1.21 bits per heavy atom. The maximum Gasteiger partial charge on any atom is 0.387 e. The molecule has 4 nitrogen and oxygen atoms in total. The number of ether oxygens (including phenoxy) is 1. The van der Waals surface area contributed by atoms with Gasteiger partial charge in [0.15, 0.2) is 0 Å². The molecule has 0 aromatic heterocycles. The van der Waals surface area contributed by atoms with Gasteiger partial charge in [0.05, 0.1) is 4.90 Å². The van der Waals surface area contributed by atoms with Crippen molar-refractivity contribution in [2.75, 3.05) is 0 Å². The van der Waals surface area contributed by atoms with Gasteiger partial charge in [-0.25, -0.2) is 8.42 Å². The topological polar surface area (TPSA) is 67.2 Å². The SMILES string of the molecule is [NH]S(=O)(=O)c1ccc(OC(F)F)cc1. The van der Waals surface area contributed by atoms with Crippen molar-refractivity contribution in [3.63, 3.8) is 0 Å². The molecule has 0 fully saturated rings. The minimum absolute atomic E-state index is 0.146. The number of hydrogen-bond acceptors (Lipinski definition) is 3. The molecule has 0 heterocycles. The molecule has 1 rings (SSSR count). The quantitative estimate of drug-likeness (QED) is 0.773. The lowest BCUT2D eigenvalue weighted by molar-refractivity contribution is -0.0498. The molecule has 1 radical (unpaired) electrons. The van der Waals surface area contributed by atoms with Crippen molar-refractivity contribution in [1.82, 2.24) is 5.14 Å². The van der Waals surface area contributed by atoms with Crippen molar-refractivity contribution in [3.8, 4) is 5.75 Å². The molecule has 77 valence electrons. The van der Waals surface area contributed by atoms with Crippen molar-refractivity contribution in [1.29, 1.82) is 0 Å². The molecule has 0 atom stereocenters. The van der Waals surface area contributed by atoms with Crippen molar-refractivity contribution in [3.05, 3.63) is 24.3 Å². The standard InChI is InChI=1S/C7H6F2NO3S/c8-7(9)13-5-1-3-6(4-2-5)14(10,11)12/h1-4,7,10H. The Hall–Kier alpha value is -1.21. The van der Waals surface area contributed by atoms with Crippen LogP contribution in [-0.4, -0.2) is 15.0 Å². The second-order valence-electron chi connectivity index (χ2n) is 2.35. The summed E-state index contributed by atoms with van der Waals surface area (Å²) in [4.78, 5) is -0.265. The van der Waals surface area contributed by atoms with Gasteiger partial charge in [-0.3, -0.25) is 0 Å². The first kappa shape index (κ1) is 10.9. The van der Waals surface area contributed by atoms with Gasteiger partial charge in [0.25, 0.3) is 10.0 Å². The van der Waals surface area contributed by atoms with E-state index >= 15 is 0 Å². The summed E-state index contributed by atoms with van der Waals surface area (Å²) in [5.41, 5.74) is 0. The van der Waals surface area contributed by atoms with Crippen LogP contribution >= 0.6 is 0 Å². The second kappa shape index (κ2) is 3.89. The van der Waals surface area contributed by atoms with Gasteiger partial charge in [-0.2, -0.15) is 8.78 Å². The van der Waals surface area contributed by atoms with Crippen molar-refractivity contribution < 1.29 is 21.9 Å². The molecule has 1 aromatic carbocycles. The molecule has 0 aliphatic heterocycles. The number of benzene rings is 1. The molecule has 1 N–H and O–H groups in total. The molecule has 0 aliphatic carbocycles. The lowest BCUT2D eigenvalue weighted by Crippen LogP contribution is -2.03. The monoisotopic (exact) mass is 222 g/mol. The van der Waals surface area contributed by atoms with E-state index in [1.807, 2.05) is 0 Å². The summed E-state index contributed by atoms with van der Waals surface area (Å²) in [6.07, 6.45) is 0. The molecule has 0 unspecified atom stereocenters. The molecule has 0 saturated carbocycles. The number of hydrogen-bond donors (Lipinski definition) is 0. The highest BCUT2D eigenvalue weighted by molar-refractivity contribution is 7.88. The van der Waals surface area contributed by atoms with E-state index in [0.29, 0.717) is 0 Å². The van der Waals surface area contributed by atoms with Crippen LogP contribution < -0.4 is 9.88 Å². The Kier molecular flexibility index (Phi) is 3.02. The van der Waals surface area contributed by atoms with Gasteiger partial charge in [0.2, 0.25) is 0 Å². The summed E-state index contributed by atoms with van der Waals surface area (Å²) in [5, 5.41) is 6.67. The van der Waals surface area contributed by atoms with Gasteiger partial charge in [-0.05, 0) is 24.3 Å². The van der Waals surface area contributed by atoms with E-state index in [1.54, 1.807) is 0 Å². The van der Waals surface area contributed by atoms with Gasteiger partial charge in [0.1, 0.15) is 5.75 Å². The summed E-state index contributed by atoms with van der Waals surface area (Å²) in [5.74, 6) is -0.146. The fourth-order valence-electron chi connectivity index (χ4n) is 0.800. The highest BCUT2D eigenvalue weighted by atomic mass is 32.2. The number of sulfonamides is 1. The van der Waals surface area contributed by atoms with Crippen LogP contribution in [-0.2, 0) is 10.0 Å². The Labute approximate surface area is 79.3 Å². The van der Waals surface area contributed by atoms with Gasteiger partial charge in [-0.15, -0.1) is 5.14 Å². The predicted molar refractivity (Wildman–Crippen MR) is 43.4 cm³/mol. The molecule has 0 saturated heterocycles. The highest BCUT2D eigenvalue weighted by Crippen LogP contribution is 2.17. The fourth-order valence-corrected chi connectivity index (χ4v) is 1.29. The van der Waals surface area contributed by atoms with Gasteiger partial charge in [0, 0.05) is 0 Å². The first-order chi connectivity index (χ1) is 6.39. The first-order valence-corrected chi connectivity index (χ1v) is 4.92. The van der Waals surface area contributed by atoms with Crippen molar-refractivity contribution in [2.24, 2.45) is 0 Å². The smallest absolute Gasteiger partial charge is 0.387 e. The Morgan fingerprint density at radius 2 is 1.71 bits per heavy atom. The molecule has 14 heavy (non-hydrogen) atoms. The fraction of sp³-hybridized carbons (Fsp3) is 0.143. The number of nitrogens with one attached hydrogen (secondary N) is 1. The Balaban J connectivity index is 2.90. The van der Waals surface area contributed by atoms with E-state index in [2.05, 4.69) is 4.74 Å².